The van der Waals surface area contributed by atoms with Gasteiger partial charge in [-0.3, -0.25) is 0 Å². The van der Waals surface area contributed by atoms with Gasteiger partial charge in [-0.05, 0) is 41.5 Å². The lowest BCUT2D eigenvalue weighted by Crippen LogP contribution is -2.09. The van der Waals surface area contributed by atoms with Gasteiger partial charge in [0.2, 0.25) is 0 Å². The van der Waals surface area contributed by atoms with Gasteiger partial charge in [-0.25, -0.2) is 4.79 Å². The Balaban J connectivity index is 1.97. The van der Waals surface area contributed by atoms with Gasteiger partial charge in [0.1, 0.15) is 5.75 Å². The molecular formula is C18H14O2. The minimum Gasteiger partial charge on any atom is -0.423 e. The summed E-state index contributed by atoms with van der Waals surface area (Å²) in [4.78, 5) is 12.3. The van der Waals surface area contributed by atoms with E-state index in [1.54, 1.807) is 12.1 Å². The number of rotatable bonds is 2. The first-order chi connectivity index (χ1) is 9.74. The molecule has 0 aliphatic heterocycles. The predicted octanol–water partition coefficient (Wildman–Crippen LogP) is 4.37. The Morgan fingerprint density at radius 1 is 0.900 bits per heavy atom. The second kappa shape index (κ2) is 5.17. The van der Waals surface area contributed by atoms with E-state index in [1.807, 2.05) is 61.5 Å². The second-order valence-electron chi connectivity index (χ2n) is 4.73. The van der Waals surface area contributed by atoms with Crippen LogP contribution in [0.25, 0.3) is 10.8 Å². The van der Waals surface area contributed by atoms with Crippen molar-refractivity contribution in [3.8, 4) is 5.75 Å². The van der Waals surface area contributed by atoms with Crippen LogP contribution in [0.1, 0.15) is 15.9 Å². The van der Waals surface area contributed by atoms with E-state index in [1.165, 1.54) is 0 Å². The molecule has 20 heavy (non-hydrogen) atoms. The smallest absolute Gasteiger partial charge is 0.344 e. The zero-order valence-electron chi connectivity index (χ0n) is 11.2. The molecule has 0 aromatic heterocycles. The Morgan fingerprint density at radius 2 is 1.65 bits per heavy atom. The minimum atomic E-state index is -0.326. The molecule has 0 spiro atoms. The number of hydrogen-bond donors (Lipinski definition) is 0. The van der Waals surface area contributed by atoms with Crippen LogP contribution in [0.15, 0.2) is 66.7 Å². The number of ether oxygens (including phenoxy) is 1. The fraction of sp³-hybridized carbons (Fsp3) is 0.0556. The molecule has 98 valence electrons. The van der Waals surface area contributed by atoms with Crippen LogP contribution in [0.4, 0.5) is 0 Å². The lowest BCUT2D eigenvalue weighted by atomic mass is 10.0. The van der Waals surface area contributed by atoms with Gasteiger partial charge in [0.25, 0.3) is 0 Å². The fourth-order valence-corrected chi connectivity index (χ4v) is 2.24. The van der Waals surface area contributed by atoms with Crippen molar-refractivity contribution in [3.05, 3.63) is 77.9 Å². The van der Waals surface area contributed by atoms with Gasteiger partial charge in [-0.1, -0.05) is 48.5 Å². The summed E-state index contributed by atoms with van der Waals surface area (Å²) in [5.74, 6) is 0.246. The van der Waals surface area contributed by atoms with Gasteiger partial charge in [-0.2, -0.15) is 0 Å². The summed E-state index contributed by atoms with van der Waals surface area (Å²) >= 11 is 0. The fourth-order valence-electron chi connectivity index (χ4n) is 2.24. The highest BCUT2D eigenvalue weighted by atomic mass is 16.5. The monoisotopic (exact) mass is 262 g/mol. The molecule has 3 rings (SSSR count). The van der Waals surface area contributed by atoms with Gasteiger partial charge in [-0.15, -0.1) is 0 Å². The average Bonchev–Trinajstić information content (AvgIpc) is 2.46. The second-order valence-corrected chi connectivity index (χ2v) is 4.73. The molecule has 0 aliphatic rings. The van der Waals surface area contributed by atoms with Crippen LogP contribution < -0.4 is 4.74 Å². The molecule has 0 fully saturated rings. The molecular weight excluding hydrogens is 248 g/mol. The molecule has 0 radical (unpaired) electrons. The van der Waals surface area contributed by atoms with E-state index >= 15 is 0 Å². The van der Waals surface area contributed by atoms with Crippen LogP contribution in [0.3, 0.4) is 0 Å². The molecule has 0 atom stereocenters. The van der Waals surface area contributed by atoms with Crippen molar-refractivity contribution >= 4 is 16.7 Å². The molecule has 0 heterocycles. The molecule has 0 N–H and O–H groups in total. The predicted molar refractivity (Wildman–Crippen MR) is 80.1 cm³/mol. The van der Waals surface area contributed by atoms with Gasteiger partial charge in [0.15, 0.2) is 0 Å². The first-order valence-corrected chi connectivity index (χ1v) is 6.51. The normalized spacial score (nSPS) is 10.4. The van der Waals surface area contributed by atoms with Gasteiger partial charge in [0, 0.05) is 0 Å². The first-order valence-electron chi connectivity index (χ1n) is 6.51. The van der Waals surface area contributed by atoms with Crippen molar-refractivity contribution in [2.75, 3.05) is 0 Å². The molecule has 0 aliphatic carbocycles. The third kappa shape index (κ3) is 2.41. The molecule has 0 bridgehead atoms. The van der Waals surface area contributed by atoms with Crippen LogP contribution in [0.5, 0.6) is 5.75 Å². The number of esters is 1. The maximum Gasteiger partial charge on any atom is 0.344 e. The number of carbonyl (C=O) groups is 1. The minimum absolute atomic E-state index is 0.326. The van der Waals surface area contributed by atoms with E-state index in [-0.39, 0.29) is 5.97 Å². The summed E-state index contributed by atoms with van der Waals surface area (Å²) in [6.07, 6.45) is 0. The van der Waals surface area contributed by atoms with Gasteiger partial charge >= 0.3 is 5.97 Å². The number of carbonyl (C=O) groups excluding carboxylic acids is 1. The van der Waals surface area contributed by atoms with Crippen molar-refractivity contribution in [2.45, 2.75) is 6.92 Å². The maximum atomic E-state index is 12.3. The molecule has 0 amide bonds. The first kappa shape index (κ1) is 12.4. The number of aryl methyl sites for hydroxylation is 1. The van der Waals surface area contributed by atoms with E-state index in [0.717, 1.165) is 16.3 Å². The molecule has 2 nitrogen and oxygen atoms in total. The third-order valence-corrected chi connectivity index (χ3v) is 3.21. The average molecular weight is 262 g/mol. The summed E-state index contributed by atoms with van der Waals surface area (Å²) in [7, 11) is 0. The lowest BCUT2D eigenvalue weighted by Gasteiger charge is -2.07. The Bertz CT molecular complexity index is 770. The van der Waals surface area contributed by atoms with E-state index in [9.17, 15) is 4.79 Å². The molecule has 0 saturated heterocycles. The third-order valence-electron chi connectivity index (χ3n) is 3.21. The Labute approximate surface area is 117 Å². The zero-order chi connectivity index (χ0) is 13.9. The van der Waals surface area contributed by atoms with Crippen molar-refractivity contribution in [3.63, 3.8) is 0 Å². The zero-order valence-corrected chi connectivity index (χ0v) is 11.2. The van der Waals surface area contributed by atoms with Crippen LogP contribution in [0.2, 0.25) is 0 Å². The van der Waals surface area contributed by atoms with Gasteiger partial charge < -0.3 is 4.74 Å². The van der Waals surface area contributed by atoms with Crippen molar-refractivity contribution in [2.24, 2.45) is 0 Å². The van der Waals surface area contributed by atoms with E-state index in [2.05, 4.69) is 0 Å². The molecule has 0 unspecified atom stereocenters. The van der Waals surface area contributed by atoms with E-state index in [4.69, 9.17) is 4.74 Å². The molecule has 3 aromatic carbocycles. The summed E-state index contributed by atoms with van der Waals surface area (Å²) in [5.41, 5.74) is 1.65. The summed E-state index contributed by atoms with van der Waals surface area (Å²) in [5, 5.41) is 1.94. The van der Waals surface area contributed by atoms with Crippen LogP contribution in [-0.2, 0) is 0 Å². The Hall–Kier alpha value is -2.61. The number of hydrogen-bond acceptors (Lipinski definition) is 2. The SMILES string of the molecule is Cc1cccc(OC(=O)c2cccc3ccccc23)c1. The van der Waals surface area contributed by atoms with Crippen molar-refractivity contribution in [1.29, 1.82) is 0 Å². The molecule has 2 heteroatoms. The molecule has 3 aromatic rings. The van der Waals surface area contributed by atoms with Crippen LogP contribution in [0, 0.1) is 6.92 Å². The summed E-state index contributed by atoms with van der Waals surface area (Å²) in [6.45, 7) is 1.97. The van der Waals surface area contributed by atoms with Gasteiger partial charge in [0.05, 0.1) is 5.56 Å². The topological polar surface area (TPSA) is 26.3 Å². The number of fused-ring (bicyclic) bond motifs is 1. The Morgan fingerprint density at radius 3 is 2.50 bits per heavy atom. The van der Waals surface area contributed by atoms with E-state index < -0.39 is 0 Å². The standard InChI is InChI=1S/C18H14O2/c1-13-6-4-9-15(12-13)20-18(19)17-11-5-8-14-7-2-3-10-16(14)17/h2-12H,1H3. The van der Waals surface area contributed by atoms with Crippen LogP contribution >= 0.6 is 0 Å². The highest BCUT2D eigenvalue weighted by Gasteiger charge is 2.11. The highest BCUT2D eigenvalue weighted by molar-refractivity contribution is 6.05. The maximum absolute atomic E-state index is 12.3. The summed E-state index contributed by atoms with van der Waals surface area (Å²) < 4.78 is 5.45. The van der Waals surface area contributed by atoms with E-state index in [0.29, 0.717) is 11.3 Å². The Kier molecular flexibility index (Phi) is 3.21. The van der Waals surface area contributed by atoms with Crippen molar-refractivity contribution < 1.29 is 9.53 Å². The molecule has 0 saturated carbocycles. The highest BCUT2D eigenvalue weighted by Crippen LogP contribution is 2.21. The summed E-state index contributed by atoms with van der Waals surface area (Å²) in [6, 6.07) is 20.9. The quantitative estimate of drug-likeness (QED) is 0.506. The largest absolute Gasteiger partial charge is 0.423 e. The number of benzene rings is 3. The van der Waals surface area contributed by atoms with Crippen LogP contribution in [-0.4, -0.2) is 5.97 Å². The lowest BCUT2D eigenvalue weighted by molar-refractivity contribution is 0.0737. The van der Waals surface area contributed by atoms with Crippen molar-refractivity contribution in [1.82, 2.24) is 0 Å².